The number of rotatable bonds is 7. The van der Waals surface area contributed by atoms with E-state index in [0.29, 0.717) is 54.6 Å². The Labute approximate surface area is 285 Å². The van der Waals surface area contributed by atoms with Gasteiger partial charge in [-0.1, -0.05) is 12.1 Å². The molecule has 3 aliphatic rings. The van der Waals surface area contributed by atoms with Gasteiger partial charge in [0.15, 0.2) is 0 Å². The van der Waals surface area contributed by atoms with E-state index in [9.17, 15) is 19.2 Å². The number of imide groups is 1. The first-order valence-electron chi connectivity index (χ1n) is 17.2. The van der Waals surface area contributed by atoms with Crippen molar-refractivity contribution in [3.05, 3.63) is 58.3 Å². The van der Waals surface area contributed by atoms with Crippen molar-refractivity contribution in [3.8, 4) is 5.75 Å². The van der Waals surface area contributed by atoms with Gasteiger partial charge < -0.3 is 19.3 Å². The predicted octanol–water partition coefficient (Wildman–Crippen LogP) is 4.15. The molecule has 0 radical (unpaired) electrons. The highest BCUT2D eigenvalue weighted by atomic mass is 19.1. The summed E-state index contributed by atoms with van der Waals surface area (Å²) in [6.07, 6.45) is 1.81. The zero-order chi connectivity index (χ0) is 35.0. The number of hydrogen-bond acceptors (Lipinski definition) is 8. The number of aromatic nitrogens is 2. The molecule has 2 aromatic carbocycles. The van der Waals surface area contributed by atoms with Gasteiger partial charge in [0.05, 0.1) is 30.4 Å². The average molecular weight is 679 g/mol. The molecule has 1 unspecified atom stereocenters. The highest BCUT2D eigenvalue weighted by molar-refractivity contribution is 6.00. The number of halogens is 1. The number of likely N-dealkylation sites (tertiary alicyclic amines) is 1. The van der Waals surface area contributed by atoms with Crippen LogP contribution in [0.2, 0.25) is 0 Å². The van der Waals surface area contributed by atoms with Crippen LogP contribution in [0.3, 0.4) is 0 Å². The van der Waals surface area contributed by atoms with E-state index in [1.165, 1.54) is 20.1 Å². The molecule has 6 rings (SSSR count). The zero-order valence-corrected chi connectivity index (χ0v) is 29.1. The predicted molar refractivity (Wildman–Crippen MR) is 183 cm³/mol. The number of benzene rings is 2. The summed E-state index contributed by atoms with van der Waals surface area (Å²) in [5, 5.41) is 0. The topological polar surface area (TPSA) is 110 Å². The molecular formula is C36H47FN6O6. The van der Waals surface area contributed by atoms with Crippen LogP contribution in [0.4, 0.5) is 14.9 Å². The Bertz CT molecular complexity index is 1760. The lowest BCUT2D eigenvalue weighted by Crippen LogP contribution is -2.51. The summed E-state index contributed by atoms with van der Waals surface area (Å²) in [7, 11) is 3.19. The molecule has 13 heteroatoms. The molecule has 0 bridgehead atoms. The van der Waals surface area contributed by atoms with Gasteiger partial charge in [0.25, 0.3) is 5.91 Å². The fourth-order valence-electron chi connectivity index (χ4n) is 7.21. The number of anilines is 1. The Balaban J connectivity index is 1.11. The lowest BCUT2D eigenvalue weighted by molar-refractivity contribution is -0.151. The average Bonchev–Trinajstić information content (AvgIpc) is 3.30. The van der Waals surface area contributed by atoms with E-state index >= 15 is 4.39 Å². The number of piperazine rings is 1. The normalized spacial score (nSPS) is 20.0. The molecule has 0 spiro atoms. The summed E-state index contributed by atoms with van der Waals surface area (Å²) in [4.78, 5) is 60.0. The van der Waals surface area contributed by atoms with Gasteiger partial charge in [0.1, 0.15) is 23.2 Å². The van der Waals surface area contributed by atoms with Crippen LogP contribution in [0.15, 0.2) is 41.2 Å². The van der Waals surface area contributed by atoms with Crippen LogP contribution in [0, 0.1) is 11.7 Å². The van der Waals surface area contributed by atoms with Crippen LogP contribution >= 0.6 is 0 Å². The van der Waals surface area contributed by atoms with E-state index in [2.05, 4.69) is 4.90 Å². The summed E-state index contributed by atoms with van der Waals surface area (Å²) in [6, 6.07) is 9.27. The number of aryl methyl sites for hydroxylation is 1. The van der Waals surface area contributed by atoms with Crippen molar-refractivity contribution < 1.29 is 28.2 Å². The largest absolute Gasteiger partial charge is 0.497 e. The van der Waals surface area contributed by atoms with Crippen molar-refractivity contribution in [3.63, 3.8) is 0 Å². The molecule has 3 amide bonds. The Morgan fingerprint density at radius 1 is 0.918 bits per heavy atom. The van der Waals surface area contributed by atoms with Crippen LogP contribution in [0.1, 0.15) is 58.1 Å². The number of hydrogen-bond donors (Lipinski definition) is 0. The van der Waals surface area contributed by atoms with E-state index in [1.807, 2.05) is 25.7 Å². The summed E-state index contributed by atoms with van der Waals surface area (Å²) in [5.41, 5.74) is 1.14. The Morgan fingerprint density at radius 3 is 2.22 bits per heavy atom. The van der Waals surface area contributed by atoms with Crippen LogP contribution in [-0.4, -0.2) is 100 Å². The molecule has 3 aromatic rings. The van der Waals surface area contributed by atoms with Gasteiger partial charge in [-0.15, -0.1) is 0 Å². The van der Waals surface area contributed by atoms with Gasteiger partial charge in [-0.3, -0.25) is 28.5 Å². The van der Waals surface area contributed by atoms with Crippen molar-refractivity contribution >= 4 is 34.6 Å². The maximum absolute atomic E-state index is 15.9. The number of nitrogens with zero attached hydrogens (tertiary/aromatic N) is 6. The van der Waals surface area contributed by atoms with Crippen molar-refractivity contribution in [2.45, 2.75) is 64.6 Å². The van der Waals surface area contributed by atoms with Gasteiger partial charge in [-0.2, -0.15) is 0 Å². The molecule has 12 nitrogen and oxygen atoms in total. The van der Waals surface area contributed by atoms with E-state index in [4.69, 9.17) is 9.47 Å². The quantitative estimate of drug-likeness (QED) is 0.343. The summed E-state index contributed by atoms with van der Waals surface area (Å²) in [5.74, 6) is -0.0942. The molecule has 0 aliphatic carbocycles. The maximum Gasteiger partial charge on any atom is 0.410 e. The lowest BCUT2D eigenvalue weighted by atomic mass is 9.95. The molecule has 49 heavy (non-hydrogen) atoms. The minimum atomic E-state index is -0.917. The van der Waals surface area contributed by atoms with Gasteiger partial charge >= 0.3 is 11.8 Å². The van der Waals surface area contributed by atoms with E-state index in [0.717, 1.165) is 38.0 Å². The van der Waals surface area contributed by atoms with Crippen molar-refractivity contribution in [1.29, 1.82) is 0 Å². The highest BCUT2D eigenvalue weighted by Gasteiger charge is 2.38. The highest BCUT2D eigenvalue weighted by Crippen LogP contribution is 2.33. The monoisotopic (exact) mass is 678 g/mol. The van der Waals surface area contributed by atoms with Gasteiger partial charge in [-0.25, -0.2) is 14.0 Å². The Hall–Kier alpha value is -4.39. The second-order valence-electron chi connectivity index (χ2n) is 14.4. The third-order valence-corrected chi connectivity index (χ3v) is 9.95. The van der Waals surface area contributed by atoms with Crippen LogP contribution in [0.25, 0.3) is 11.0 Å². The van der Waals surface area contributed by atoms with Crippen LogP contribution in [0.5, 0.6) is 5.75 Å². The number of amides is 3. The fraction of sp³-hybridized carbons (Fsp3) is 0.556. The zero-order valence-electron chi connectivity index (χ0n) is 29.1. The summed E-state index contributed by atoms with van der Waals surface area (Å²) >= 11 is 0. The maximum atomic E-state index is 15.9. The summed E-state index contributed by atoms with van der Waals surface area (Å²) in [6.45, 7) is 10.9. The Morgan fingerprint density at radius 2 is 1.59 bits per heavy atom. The third kappa shape index (κ3) is 7.31. The van der Waals surface area contributed by atoms with Crippen molar-refractivity contribution in [1.82, 2.24) is 23.8 Å². The molecule has 3 aliphatic heterocycles. The molecule has 1 aromatic heterocycles. The number of ether oxygens (including phenoxy) is 2. The number of carbonyl (C=O) groups excluding carboxylic acids is 3. The number of fused-ring (bicyclic) bond motifs is 1. The Kier molecular flexibility index (Phi) is 9.74. The van der Waals surface area contributed by atoms with Crippen molar-refractivity contribution in [2.75, 3.05) is 57.8 Å². The van der Waals surface area contributed by atoms with Gasteiger partial charge in [0.2, 0.25) is 5.91 Å². The van der Waals surface area contributed by atoms with Crippen LogP contribution in [-0.2, 0) is 27.9 Å². The first kappa shape index (κ1) is 34.5. The number of imidazole rings is 1. The molecule has 264 valence electrons. The molecule has 3 fully saturated rings. The van der Waals surface area contributed by atoms with Crippen LogP contribution < -0.4 is 15.3 Å². The van der Waals surface area contributed by atoms with E-state index in [-0.39, 0.29) is 31.4 Å². The van der Waals surface area contributed by atoms with Gasteiger partial charge in [0, 0.05) is 65.3 Å². The minimum Gasteiger partial charge on any atom is -0.497 e. The third-order valence-electron chi connectivity index (χ3n) is 9.95. The van der Waals surface area contributed by atoms with Crippen molar-refractivity contribution in [2.24, 2.45) is 13.0 Å². The smallest absolute Gasteiger partial charge is 0.410 e. The first-order valence-corrected chi connectivity index (χ1v) is 17.2. The number of carbonyl (C=O) groups is 3. The fourth-order valence-corrected chi connectivity index (χ4v) is 7.21. The van der Waals surface area contributed by atoms with E-state index < -0.39 is 29.1 Å². The minimum absolute atomic E-state index is 0.0778. The summed E-state index contributed by atoms with van der Waals surface area (Å²) < 4.78 is 29.4. The SMILES string of the molecule is COc1ccc(CN2C(=O)CCC(n3c(=O)n(C)c4cc(N5CCC(CN6CCN(C(=O)OC(C)(C)C)CC6)CC5)c(F)cc43)C2=O)cc1. The van der Waals surface area contributed by atoms with Gasteiger partial charge in [-0.05, 0) is 69.7 Å². The molecule has 1 atom stereocenters. The molecule has 0 saturated carbocycles. The number of piperidine rings is 2. The van der Waals surface area contributed by atoms with E-state index in [1.54, 1.807) is 49.4 Å². The molecule has 0 N–H and O–H groups in total. The standard InChI is InChI=1S/C36H47FN6O6/c1-36(2,3)49-35(47)41-18-16-39(17-19-41)22-25-12-14-40(15-13-25)29-21-30-31(20-27(29)37)43(34(46)38(30)4)28-10-11-32(44)42(33(28)45)23-24-6-8-26(48-5)9-7-24/h6-9,20-21,25,28H,10-19,22-23H2,1-5H3. The first-order chi connectivity index (χ1) is 23.3. The second kappa shape index (κ2) is 13.9. The number of methoxy groups -OCH3 is 1. The molecule has 4 heterocycles. The second-order valence-corrected chi connectivity index (χ2v) is 14.4. The molecular weight excluding hydrogens is 631 g/mol. The molecule has 3 saturated heterocycles. The lowest BCUT2D eigenvalue weighted by Gasteiger charge is -2.39.